The number of benzene rings is 2. The SMILES string of the molecule is COc1ccc(-c2nc(-c3ccc(NC(C)=O)cc3F)cs2)cc1. The lowest BCUT2D eigenvalue weighted by Gasteiger charge is -2.05. The molecule has 1 amide bonds. The van der Waals surface area contributed by atoms with Gasteiger partial charge in [-0.2, -0.15) is 0 Å². The summed E-state index contributed by atoms with van der Waals surface area (Å²) in [7, 11) is 1.61. The minimum absolute atomic E-state index is 0.238. The summed E-state index contributed by atoms with van der Waals surface area (Å²) in [5.74, 6) is 0.112. The Bertz CT molecular complexity index is 875. The van der Waals surface area contributed by atoms with Crippen LogP contribution in [-0.2, 0) is 4.79 Å². The van der Waals surface area contributed by atoms with Crippen LogP contribution in [0.5, 0.6) is 5.75 Å². The molecule has 4 nitrogen and oxygen atoms in total. The lowest BCUT2D eigenvalue weighted by atomic mass is 10.1. The van der Waals surface area contributed by atoms with Crippen molar-refractivity contribution in [2.24, 2.45) is 0 Å². The standard InChI is InChI=1S/C18H15FN2O2S/c1-11(22)20-13-5-8-15(16(19)9-13)17-10-24-18(21-17)12-3-6-14(23-2)7-4-12/h3-10H,1-2H3,(H,20,22). The zero-order valence-corrected chi connectivity index (χ0v) is 14.0. The van der Waals surface area contributed by atoms with Crippen molar-refractivity contribution in [3.8, 4) is 27.6 Å². The molecule has 1 N–H and O–H groups in total. The number of methoxy groups -OCH3 is 1. The Morgan fingerprint density at radius 3 is 2.58 bits per heavy atom. The van der Waals surface area contributed by atoms with Crippen LogP contribution < -0.4 is 10.1 Å². The minimum Gasteiger partial charge on any atom is -0.497 e. The van der Waals surface area contributed by atoms with Crippen molar-refractivity contribution in [2.45, 2.75) is 6.92 Å². The summed E-state index contributed by atoms with van der Waals surface area (Å²) in [5.41, 5.74) is 2.34. The Hall–Kier alpha value is -2.73. The van der Waals surface area contributed by atoms with Gasteiger partial charge in [0, 0.05) is 29.1 Å². The Morgan fingerprint density at radius 2 is 1.96 bits per heavy atom. The highest BCUT2D eigenvalue weighted by Crippen LogP contribution is 2.31. The lowest BCUT2D eigenvalue weighted by molar-refractivity contribution is -0.114. The predicted octanol–water partition coefficient (Wildman–Crippen LogP) is 4.58. The number of aromatic nitrogens is 1. The van der Waals surface area contributed by atoms with Gasteiger partial charge in [-0.15, -0.1) is 11.3 Å². The van der Waals surface area contributed by atoms with Crippen molar-refractivity contribution < 1.29 is 13.9 Å². The molecule has 122 valence electrons. The van der Waals surface area contributed by atoms with Crippen LogP contribution >= 0.6 is 11.3 Å². The van der Waals surface area contributed by atoms with Gasteiger partial charge in [-0.1, -0.05) is 0 Å². The molecule has 3 aromatic rings. The first kappa shape index (κ1) is 16.1. The maximum absolute atomic E-state index is 14.3. The number of thiazole rings is 1. The summed E-state index contributed by atoms with van der Waals surface area (Å²) in [6.45, 7) is 1.38. The van der Waals surface area contributed by atoms with Gasteiger partial charge in [0.1, 0.15) is 16.6 Å². The van der Waals surface area contributed by atoms with E-state index in [1.54, 1.807) is 19.2 Å². The molecular formula is C18H15FN2O2S. The molecule has 2 aromatic carbocycles. The number of carbonyl (C=O) groups excluding carboxylic acids is 1. The molecule has 0 unspecified atom stereocenters. The van der Waals surface area contributed by atoms with Gasteiger partial charge in [-0.3, -0.25) is 4.79 Å². The fraction of sp³-hybridized carbons (Fsp3) is 0.111. The number of amides is 1. The van der Waals surface area contributed by atoms with Gasteiger partial charge in [0.2, 0.25) is 5.91 Å². The second-order valence-corrected chi connectivity index (χ2v) is 6.00. The number of ether oxygens (including phenoxy) is 1. The first-order chi connectivity index (χ1) is 11.6. The topological polar surface area (TPSA) is 51.2 Å². The summed E-state index contributed by atoms with van der Waals surface area (Å²) >= 11 is 1.45. The molecule has 0 aliphatic carbocycles. The number of carbonyl (C=O) groups is 1. The maximum Gasteiger partial charge on any atom is 0.221 e. The van der Waals surface area contributed by atoms with Crippen LogP contribution in [0.25, 0.3) is 21.8 Å². The molecular weight excluding hydrogens is 327 g/mol. The van der Waals surface area contributed by atoms with Crippen molar-refractivity contribution in [3.05, 3.63) is 53.7 Å². The molecule has 0 spiro atoms. The summed E-state index contributed by atoms with van der Waals surface area (Å²) in [5, 5.41) is 5.18. The zero-order valence-electron chi connectivity index (χ0n) is 13.2. The third-order valence-electron chi connectivity index (χ3n) is 3.41. The highest BCUT2D eigenvalue weighted by atomic mass is 32.1. The van der Waals surface area contributed by atoms with Gasteiger partial charge in [0.05, 0.1) is 12.8 Å². The van der Waals surface area contributed by atoms with Crippen LogP contribution in [0.4, 0.5) is 10.1 Å². The Balaban J connectivity index is 1.88. The van der Waals surface area contributed by atoms with E-state index in [-0.39, 0.29) is 5.91 Å². The van der Waals surface area contributed by atoms with Crippen LogP contribution in [0.1, 0.15) is 6.92 Å². The van der Waals surface area contributed by atoms with E-state index in [2.05, 4.69) is 10.3 Å². The average molecular weight is 342 g/mol. The predicted molar refractivity (Wildman–Crippen MR) is 93.8 cm³/mol. The van der Waals surface area contributed by atoms with Gasteiger partial charge in [0.25, 0.3) is 0 Å². The molecule has 0 fully saturated rings. The molecule has 24 heavy (non-hydrogen) atoms. The highest BCUT2D eigenvalue weighted by Gasteiger charge is 2.12. The van der Waals surface area contributed by atoms with Crippen molar-refractivity contribution in [2.75, 3.05) is 12.4 Å². The normalized spacial score (nSPS) is 10.5. The van der Waals surface area contributed by atoms with E-state index in [9.17, 15) is 9.18 Å². The average Bonchev–Trinajstić information content (AvgIpc) is 3.04. The van der Waals surface area contributed by atoms with Crippen LogP contribution in [0, 0.1) is 5.82 Å². The first-order valence-corrected chi connectivity index (χ1v) is 8.12. The maximum atomic E-state index is 14.3. The van der Waals surface area contributed by atoms with Crippen molar-refractivity contribution in [1.82, 2.24) is 4.98 Å². The van der Waals surface area contributed by atoms with Crippen molar-refractivity contribution in [3.63, 3.8) is 0 Å². The zero-order chi connectivity index (χ0) is 17.1. The van der Waals surface area contributed by atoms with E-state index < -0.39 is 5.82 Å². The largest absolute Gasteiger partial charge is 0.497 e. The molecule has 0 saturated heterocycles. The van der Waals surface area contributed by atoms with Crippen LogP contribution in [0.3, 0.4) is 0 Å². The van der Waals surface area contributed by atoms with E-state index >= 15 is 0 Å². The number of hydrogen-bond acceptors (Lipinski definition) is 4. The molecule has 0 bridgehead atoms. The number of anilines is 1. The highest BCUT2D eigenvalue weighted by molar-refractivity contribution is 7.13. The van der Waals surface area contributed by atoms with Crippen LogP contribution in [0.2, 0.25) is 0 Å². The molecule has 0 atom stereocenters. The van der Waals surface area contributed by atoms with E-state index in [1.165, 1.54) is 24.3 Å². The molecule has 6 heteroatoms. The van der Waals surface area contributed by atoms with Crippen LogP contribution in [-0.4, -0.2) is 18.0 Å². The van der Waals surface area contributed by atoms with Gasteiger partial charge >= 0.3 is 0 Å². The van der Waals surface area contributed by atoms with Crippen molar-refractivity contribution in [1.29, 1.82) is 0 Å². The summed E-state index contributed by atoms with van der Waals surface area (Å²) in [4.78, 5) is 15.5. The Labute approximate surface area is 142 Å². The van der Waals surface area contributed by atoms with Gasteiger partial charge in [-0.05, 0) is 42.5 Å². The van der Waals surface area contributed by atoms with E-state index in [4.69, 9.17) is 4.74 Å². The van der Waals surface area contributed by atoms with Gasteiger partial charge in [0.15, 0.2) is 0 Å². The molecule has 0 radical (unpaired) electrons. The van der Waals surface area contributed by atoms with Crippen molar-refractivity contribution >= 4 is 22.9 Å². The Morgan fingerprint density at radius 1 is 1.21 bits per heavy atom. The smallest absolute Gasteiger partial charge is 0.221 e. The van der Waals surface area contributed by atoms with Gasteiger partial charge < -0.3 is 10.1 Å². The number of nitrogens with one attached hydrogen (secondary N) is 1. The van der Waals surface area contributed by atoms with Crippen LogP contribution in [0.15, 0.2) is 47.8 Å². The fourth-order valence-corrected chi connectivity index (χ4v) is 3.09. The van der Waals surface area contributed by atoms with E-state index in [0.717, 1.165) is 16.3 Å². The number of nitrogens with zero attached hydrogens (tertiary/aromatic N) is 1. The monoisotopic (exact) mass is 342 g/mol. The second kappa shape index (κ2) is 6.80. The Kier molecular flexibility index (Phi) is 4.57. The quantitative estimate of drug-likeness (QED) is 0.755. The molecule has 0 saturated carbocycles. The first-order valence-electron chi connectivity index (χ1n) is 7.24. The minimum atomic E-state index is -0.423. The fourth-order valence-electron chi connectivity index (χ4n) is 2.27. The second-order valence-electron chi connectivity index (χ2n) is 5.14. The third-order valence-corrected chi connectivity index (χ3v) is 4.30. The molecule has 1 heterocycles. The number of halogens is 1. The summed E-state index contributed by atoms with van der Waals surface area (Å²) in [6, 6.07) is 12.1. The van der Waals surface area contributed by atoms with E-state index in [1.807, 2.05) is 29.6 Å². The summed E-state index contributed by atoms with van der Waals surface area (Å²) < 4.78 is 19.4. The molecule has 1 aromatic heterocycles. The number of rotatable bonds is 4. The number of hydrogen-bond donors (Lipinski definition) is 1. The third kappa shape index (κ3) is 3.44. The lowest BCUT2D eigenvalue weighted by Crippen LogP contribution is -2.05. The molecule has 0 aliphatic rings. The summed E-state index contributed by atoms with van der Waals surface area (Å²) in [6.07, 6.45) is 0. The van der Waals surface area contributed by atoms with Gasteiger partial charge in [-0.25, -0.2) is 9.37 Å². The van der Waals surface area contributed by atoms with E-state index in [0.29, 0.717) is 16.9 Å². The molecule has 3 rings (SSSR count). The molecule has 0 aliphatic heterocycles.